The molecule has 204 valence electrons. The molecule has 2 aliphatic rings. The fraction of sp³-hybridized carbons (Fsp3) is 0.467. The number of carbonyl (C=O) groups excluding carboxylic acids is 2. The molecule has 0 spiro atoms. The molecule has 1 amide bonds. The van der Waals surface area contributed by atoms with Crippen molar-refractivity contribution in [2.24, 2.45) is 0 Å². The number of likely N-dealkylation sites (tertiary alicyclic amines) is 1. The normalized spacial score (nSPS) is 19.6. The summed E-state index contributed by atoms with van der Waals surface area (Å²) in [7, 11) is 0. The summed E-state index contributed by atoms with van der Waals surface area (Å²) in [5, 5.41) is 11.4. The van der Waals surface area contributed by atoms with Gasteiger partial charge < -0.3 is 24.2 Å². The van der Waals surface area contributed by atoms with Crippen LogP contribution in [0.2, 0.25) is 0 Å². The summed E-state index contributed by atoms with van der Waals surface area (Å²) in [6.45, 7) is 9.14. The van der Waals surface area contributed by atoms with Gasteiger partial charge in [-0.05, 0) is 42.7 Å². The summed E-state index contributed by atoms with van der Waals surface area (Å²) < 4.78 is 17.0. The predicted molar refractivity (Wildman–Crippen MR) is 145 cm³/mol. The molecule has 1 unspecified atom stereocenters. The third-order valence-corrected chi connectivity index (χ3v) is 6.84. The number of carbonyl (C=O) groups is 2. The van der Waals surface area contributed by atoms with Crippen molar-refractivity contribution in [2.45, 2.75) is 39.2 Å². The summed E-state index contributed by atoms with van der Waals surface area (Å²) in [6, 6.07) is 13.7. The topological polar surface area (TPSA) is 88.5 Å². The molecule has 0 aromatic heterocycles. The van der Waals surface area contributed by atoms with E-state index in [1.54, 1.807) is 23.1 Å². The summed E-state index contributed by atoms with van der Waals surface area (Å²) in [6.07, 6.45) is 2.85. The average Bonchev–Trinajstić information content (AvgIpc) is 3.20. The minimum absolute atomic E-state index is 0.0873. The molecular formula is C30H38N2O6. The second kappa shape index (κ2) is 13.4. The van der Waals surface area contributed by atoms with Gasteiger partial charge in [-0.2, -0.15) is 0 Å². The zero-order valence-corrected chi connectivity index (χ0v) is 22.4. The smallest absolute Gasteiger partial charge is 0.295 e. The highest BCUT2D eigenvalue weighted by Gasteiger charge is 2.46. The highest BCUT2D eigenvalue weighted by molar-refractivity contribution is 6.46. The van der Waals surface area contributed by atoms with Crippen LogP contribution in [-0.2, 0) is 14.3 Å². The summed E-state index contributed by atoms with van der Waals surface area (Å²) in [5.41, 5.74) is 1.27. The molecule has 2 aliphatic heterocycles. The molecule has 0 bridgehead atoms. The lowest BCUT2D eigenvalue weighted by Gasteiger charge is -2.31. The van der Waals surface area contributed by atoms with Crippen molar-refractivity contribution < 1.29 is 28.9 Å². The number of unbranched alkanes of at least 4 members (excludes halogenated alkanes) is 1. The van der Waals surface area contributed by atoms with E-state index in [1.807, 2.05) is 37.3 Å². The maximum Gasteiger partial charge on any atom is 0.295 e. The van der Waals surface area contributed by atoms with Crippen LogP contribution in [0.1, 0.15) is 50.3 Å². The van der Waals surface area contributed by atoms with E-state index in [4.69, 9.17) is 14.2 Å². The van der Waals surface area contributed by atoms with Gasteiger partial charge in [-0.1, -0.05) is 44.5 Å². The fourth-order valence-electron chi connectivity index (χ4n) is 4.72. The molecule has 8 nitrogen and oxygen atoms in total. The molecule has 1 atom stereocenters. The van der Waals surface area contributed by atoms with E-state index in [0.29, 0.717) is 50.8 Å². The Morgan fingerprint density at radius 1 is 0.947 bits per heavy atom. The molecule has 2 aromatic carbocycles. The van der Waals surface area contributed by atoms with E-state index < -0.39 is 17.7 Å². The largest absolute Gasteiger partial charge is 0.507 e. The SMILES string of the molecule is CCCCOc1ccc(C2C(=C(O)c3cccc(OCCC)c3)C(=O)C(=O)N2CCN2CCOCC2)cc1. The van der Waals surface area contributed by atoms with E-state index in [9.17, 15) is 14.7 Å². The quantitative estimate of drug-likeness (QED) is 0.191. The number of ether oxygens (including phenoxy) is 3. The molecule has 2 aromatic rings. The lowest BCUT2D eigenvalue weighted by Crippen LogP contribution is -2.42. The summed E-state index contributed by atoms with van der Waals surface area (Å²) in [5.74, 6) is -0.160. The average molecular weight is 523 g/mol. The lowest BCUT2D eigenvalue weighted by molar-refractivity contribution is -0.140. The van der Waals surface area contributed by atoms with Crippen LogP contribution in [0.5, 0.6) is 11.5 Å². The van der Waals surface area contributed by atoms with E-state index in [0.717, 1.165) is 43.7 Å². The minimum atomic E-state index is -0.707. The maximum absolute atomic E-state index is 13.4. The zero-order valence-electron chi connectivity index (χ0n) is 22.4. The first-order valence-electron chi connectivity index (χ1n) is 13.6. The third-order valence-electron chi connectivity index (χ3n) is 6.84. The Hall–Kier alpha value is -3.36. The Morgan fingerprint density at radius 3 is 2.39 bits per heavy atom. The number of hydrogen-bond acceptors (Lipinski definition) is 7. The van der Waals surface area contributed by atoms with Crippen molar-refractivity contribution in [1.29, 1.82) is 0 Å². The molecule has 0 radical (unpaired) electrons. The Kier molecular flexibility index (Phi) is 9.79. The second-order valence-corrected chi connectivity index (χ2v) is 9.59. The molecule has 8 heteroatoms. The number of ketones is 1. The lowest BCUT2D eigenvalue weighted by atomic mass is 9.95. The van der Waals surface area contributed by atoms with Crippen LogP contribution in [0, 0.1) is 0 Å². The second-order valence-electron chi connectivity index (χ2n) is 9.59. The molecule has 2 heterocycles. The Bertz CT molecular complexity index is 1120. The Morgan fingerprint density at radius 2 is 1.68 bits per heavy atom. The minimum Gasteiger partial charge on any atom is -0.507 e. The molecule has 0 saturated carbocycles. The van der Waals surface area contributed by atoms with Gasteiger partial charge in [0.15, 0.2) is 0 Å². The Labute approximate surface area is 224 Å². The van der Waals surface area contributed by atoms with Gasteiger partial charge in [-0.25, -0.2) is 0 Å². The summed E-state index contributed by atoms with van der Waals surface area (Å²) in [4.78, 5) is 30.5. The van der Waals surface area contributed by atoms with Crippen molar-refractivity contribution in [3.8, 4) is 11.5 Å². The van der Waals surface area contributed by atoms with Gasteiger partial charge in [0.2, 0.25) is 0 Å². The highest BCUT2D eigenvalue weighted by Crippen LogP contribution is 2.40. The number of aliphatic hydroxyl groups is 1. The van der Waals surface area contributed by atoms with Gasteiger partial charge in [0, 0.05) is 31.7 Å². The first kappa shape index (κ1) is 27.7. The first-order valence-corrected chi connectivity index (χ1v) is 13.6. The van der Waals surface area contributed by atoms with Crippen LogP contribution in [0.4, 0.5) is 0 Å². The summed E-state index contributed by atoms with van der Waals surface area (Å²) >= 11 is 0. The first-order chi connectivity index (χ1) is 18.5. The van der Waals surface area contributed by atoms with Gasteiger partial charge in [0.05, 0.1) is 38.0 Å². The van der Waals surface area contributed by atoms with Crippen molar-refractivity contribution >= 4 is 17.4 Å². The van der Waals surface area contributed by atoms with Crippen LogP contribution < -0.4 is 9.47 Å². The fourth-order valence-corrected chi connectivity index (χ4v) is 4.72. The number of amides is 1. The predicted octanol–water partition coefficient (Wildman–Crippen LogP) is 4.41. The number of rotatable bonds is 12. The van der Waals surface area contributed by atoms with Crippen LogP contribution in [-0.4, -0.2) is 79.2 Å². The standard InChI is InChI=1S/C30H38N2O6/c1-3-5-18-38-24-11-9-22(10-12-24)27-26(28(33)23-7-6-8-25(21-23)37-17-4-2)29(34)30(35)32(27)14-13-31-15-19-36-20-16-31/h6-12,21,27,33H,3-5,13-20H2,1-2H3. The van der Waals surface area contributed by atoms with E-state index in [1.165, 1.54) is 0 Å². The maximum atomic E-state index is 13.4. The van der Waals surface area contributed by atoms with Gasteiger partial charge >= 0.3 is 0 Å². The van der Waals surface area contributed by atoms with Crippen molar-refractivity contribution in [3.63, 3.8) is 0 Å². The molecule has 4 rings (SSSR count). The molecule has 38 heavy (non-hydrogen) atoms. The van der Waals surface area contributed by atoms with Crippen LogP contribution in [0.15, 0.2) is 54.1 Å². The molecule has 2 saturated heterocycles. The Balaban J connectivity index is 1.68. The molecule has 0 aliphatic carbocycles. The third kappa shape index (κ3) is 6.55. The zero-order chi connectivity index (χ0) is 26.9. The monoisotopic (exact) mass is 522 g/mol. The highest BCUT2D eigenvalue weighted by atomic mass is 16.5. The van der Waals surface area contributed by atoms with Gasteiger partial charge in [0.1, 0.15) is 17.3 Å². The number of benzene rings is 2. The van der Waals surface area contributed by atoms with Gasteiger partial charge in [0.25, 0.3) is 11.7 Å². The number of Topliss-reactive ketones (excluding diaryl/α,β-unsaturated/α-hetero) is 1. The van der Waals surface area contributed by atoms with E-state index in [2.05, 4.69) is 11.8 Å². The molecular weight excluding hydrogens is 484 g/mol. The number of nitrogens with zero attached hydrogens (tertiary/aromatic N) is 2. The van der Waals surface area contributed by atoms with E-state index in [-0.39, 0.29) is 11.3 Å². The van der Waals surface area contributed by atoms with Gasteiger partial charge in [-0.3, -0.25) is 14.5 Å². The number of morpholine rings is 1. The van der Waals surface area contributed by atoms with E-state index >= 15 is 0 Å². The molecule has 2 fully saturated rings. The number of aliphatic hydroxyl groups excluding tert-OH is 1. The van der Waals surface area contributed by atoms with Crippen LogP contribution in [0.25, 0.3) is 5.76 Å². The van der Waals surface area contributed by atoms with Crippen LogP contribution in [0.3, 0.4) is 0 Å². The van der Waals surface area contributed by atoms with Crippen molar-refractivity contribution in [2.75, 3.05) is 52.6 Å². The van der Waals surface area contributed by atoms with Gasteiger partial charge in [-0.15, -0.1) is 0 Å². The number of hydrogen-bond donors (Lipinski definition) is 1. The molecule has 1 N–H and O–H groups in total. The van der Waals surface area contributed by atoms with Crippen LogP contribution >= 0.6 is 0 Å². The van der Waals surface area contributed by atoms with Crippen molar-refractivity contribution in [3.05, 3.63) is 65.2 Å². The van der Waals surface area contributed by atoms with Crippen molar-refractivity contribution in [1.82, 2.24) is 9.80 Å².